The Balaban J connectivity index is 1.45. The molecule has 1 aliphatic rings. The summed E-state index contributed by atoms with van der Waals surface area (Å²) in [5.41, 5.74) is 1.51. The van der Waals surface area contributed by atoms with Crippen molar-refractivity contribution in [2.45, 2.75) is 13.2 Å². The lowest BCUT2D eigenvalue weighted by atomic mass is 10.2. The van der Waals surface area contributed by atoms with Gasteiger partial charge < -0.3 is 14.8 Å². The predicted molar refractivity (Wildman–Crippen MR) is 101 cm³/mol. The van der Waals surface area contributed by atoms with Crippen LogP contribution in [0.25, 0.3) is 0 Å². The molecule has 0 radical (unpaired) electrons. The van der Waals surface area contributed by atoms with Gasteiger partial charge in [0.15, 0.2) is 0 Å². The van der Waals surface area contributed by atoms with Gasteiger partial charge in [-0.25, -0.2) is 4.39 Å². The summed E-state index contributed by atoms with van der Waals surface area (Å²) >= 11 is 6.03. The van der Waals surface area contributed by atoms with Gasteiger partial charge in [0.05, 0.1) is 18.2 Å². The maximum atomic E-state index is 13.8. The molecule has 26 heavy (non-hydrogen) atoms. The lowest BCUT2D eigenvalue weighted by Crippen LogP contribution is -2.40. The fourth-order valence-corrected chi connectivity index (χ4v) is 3.08. The highest BCUT2D eigenvalue weighted by molar-refractivity contribution is 6.31. The molecular formula is C20H24ClFN2O2. The first kappa shape index (κ1) is 19.1. The van der Waals surface area contributed by atoms with E-state index in [9.17, 15) is 4.39 Å². The summed E-state index contributed by atoms with van der Waals surface area (Å²) in [4.78, 5) is 2.40. The van der Waals surface area contributed by atoms with E-state index in [-0.39, 0.29) is 12.4 Å². The molecule has 0 unspecified atom stereocenters. The van der Waals surface area contributed by atoms with Crippen LogP contribution < -0.4 is 10.1 Å². The minimum Gasteiger partial charge on any atom is -0.489 e. The third-order valence-corrected chi connectivity index (χ3v) is 4.74. The molecule has 3 rings (SSSR count). The van der Waals surface area contributed by atoms with Gasteiger partial charge in [-0.3, -0.25) is 4.90 Å². The molecule has 1 N–H and O–H groups in total. The van der Waals surface area contributed by atoms with Crippen LogP contribution >= 0.6 is 11.6 Å². The van der Waals surface area contributed by atoms with Crippen molar-refractivity contribution >= 4 is 11.6 Å². The number of halogens is 2. The number of hydrogen-bond donors (Lipinski definition) is 1. The van der Waals surface area contributed by atoms with E-state index in [0.717, 1.165) is 51.5 Å². The highest BCUT2D eigenvalue weighted by Crippen LogP contribution is 2.22. The lowest BCUT2D eigenvalue weighted by molar-refractivity contribution is 0.0384. The topological polar surface area (TPSA) is 33.7 Å². The van der Waals surface area contributed by atoms with E-state index in [2.05, 4.69) is 10.2 Å². The summed E-state index contributed by atoms with van der Waals surface area (Å²) in [5.74, 6) is 0.357. The Morgan fingerprint density at radius 3 is 2.77 bits per heavy atom. The highest BCUT2D eigenvalue weighted by Gasteiger charge is 2.09. The van der Waals surface area contributed by atoms with Crippen molar-refractivity contribution in [1.29, 1.82) is 0 Å². The second-order valence-corrected chi connectivity index (χ2v) is 6.67. The quantitative estimate of drug-likeness (QED) is 0.713. The molecule has 2 aromatic rings. The summed E-state index contributed by atoms with van der Waals surface area (Å²) in [6.45, 7) is 6.48. The molecule has 0 spiro atoms. The molecule has 0 aromatic heterocycles. The van der Waals surface area contributed by atoms with Crippen LogP contribution in [0.15, 0.2) is 42.5 Å². The predicted octanol–water partition coefficient (Wildman–Crippen LogP) is 3.48. The van der Waals surface area contributed by atoms with Gasteiger partial charge in [-0.05, 0) is 29.8 Å². The van der Waals surface area contributed by atoms with E-state index < -0.39 is 0 Å². The molecule has 1 fully saturated rings. The Kier molecular flexibility index (Phi) is 7.26. The molecule has 0 atom stereocenters. The van der Waals surface area contributed by atoms with Gasteiger partial charge in [0, 0.05) is 38.3 Å². The second-order valence-electron chi connectivity index (χ2n) is 6.27. The van der Waals surface area contributed by atoms with Crippen LogP contribution in [-0.4, -0.2) is 44.3 Å². The van der Waals surface area contributed by atoms with Gasteiger partial charge in [-0.1, -0.05) is 29.8 Å². The maximum absolute atomic E-state index is 13.8. The molecular weight excluding hydrogens is 355 g/mol. The van der Waals surface area contributed by atoms with E-state index in [1.54, 1.807) is 12.1 Å². The first-order chi connectivity index (χ1) is 12.7. The van der Waals surface area contributed by atoms with Gasteiger partial charge in [0.1, 0.15) is 18.2 Å². The Labute approximate surface area is 158 Å². The minimum absolute atomic E-state index is 0.111. The number of benzene rings is 2. The Morgan fingerprint density at radius 2 is 1.96 bits per heavy atom. The number of nitrogens with one attached hydrogen (secondary N) is 1. The second kappa shape index (κ2) is 9.88. The number of morpholine rings is 1. The van der Waals surface area contributed by atoms with E-state index in [0.29, 0.717) is 16.3 Å². The first-order valence-electron chi connectivity index (χ1n) is 8.88. The molecule has 6 heteroatoms. The SMILES string of the molecule is Fc1cccc(Cl)c1COc1cccc(CNCCN2CCOCC2)c1. The Bertz CT molecular complexity index is 688. The van der Waals surface area contributed by atoms with Crippen LogP contribution in [0.3, 0.4) is 0 Å². The number of hydrogen-bond acceptors (Lipinski definition) is 4. The normalized spacial score (nSPS) is 15.2. The standard InChI is InChI=1S/C20H24ClFN2O2/c21-19-5-2-6-20(22)18(19)15-26-17-4-1-3-16(13-17)14-23-7-8-24-9-11-25-12-10-24/h1-6,13,23H,7-12,14-15H2. The van der Waals surface area contributed by atoms with Gasteiger partial charge in [0.25, 0.3) is 0 Å². The van der Waals surface area contributed by atoms with Crippen molar-refractivity contribution in [3.05, 3.63) is 64.4 Å². The zero-order chi connectivity index (χ0) is 18.2. The fraction of sp³-hybridized carbons (Fsp3) is 0.400. The number of ether oxygens (including phenoxy) is 2. The van der Waals surface area contributed by atoms with Crippen molar-refractivity contribution in [2.75, 3.05) is 39.4 Å². The van der Waals surface area contributed by atoms with Crippen molar-refractivity contribution in [2.24, 2.45) is 0 Å². The van der Waals surface area contributed by atoms with Crippen LogP contribution in [0, 0.1) is 5.82 Å². The maximum Gasteiger partial charge on any atom is 0.131 e. The zero-order valence-corrected chi connectivity index (χ0v) is 15.5. The average molecular weight is 379 g/mol. The molecule has 4 nitrogen and oxygen atoms in total. The number of nitrogens with zero attached hydrogens (tertiary/aromatic N) is 1. The van der Waals surface area contributed by atoms with Crippen LogP contribution in [0.4, 0.5) is 4.39 Å². The number of rotatable bonds is 8. The van der Waals surface area contributed by atoms with E-state index in [1.165, 1.54) is 6.07 Å². The summed E-state index contributed by atoms with van der Waals surface area (Å²) in [6.07, 6.45) is 0. The summed E-state index contributed by atoms with van der Waals surface area (Å²) in [6, 6.07) is 12.5. The van der Waals surface area contributed by atoms with Crippen molar-refractivity contribution in [3.8, 4) is 5.75 Å². The molecule has 2 aromatic carbocycles. The lowest BCUT2D eigenvalue weighted by Gasteiger charge is -2.26. The molecule has 0 bridgehead atoms. The monoisotopic (exact) mass is 378 g/mol. The summed E-state index contributed by atoms with van der Waals surface area (Å²) < 4.78 is 24.9. The van der Waals surface area contributed by atoms with Gasteiger partial charge in [-0.15, -0.1) is 0 Å². The summed E-state index contributed by atoms with van der Waals surface area (Å²) in [5, 5.41) is 3.83. The van der Waals surface area contributed by atoms with Crippen LogP contribution in [0.5, 0.6) is 5.75 Å². The molecule has 0 saturated carbocycles. The smallest absolute Gasteiger partial charge is 0.131 e. The van der Waals surface area contributed by atoms with E-state index in [1.807, 2.05) is 24.3 Å². The highest BCUT2D eigenvalue weighted by atomic mass is 35.5. The minimum atomic E-state index is -0.349. The van der Waals surface area contributed by atoms with Crippen LogP contribution in [0.2, 0.25) is 5.02 Å². The van der Waals surface area contributed by atoms with Gasteiger partial charge >= 0.3 is 0 Å². The molecule has 1 saturated heterocycles. The van der Waals surface area contributed by atoms with Crippen molar-refractivity contribution in [3.63, 3.8) is 0 Å². The molecule has 1 aliphatic heterocycles. The van der Waals surface area contributed by atoms with Crippen molar-refractivity contribution < 1.29 is 13.9 Å². The van der Waals surface area contributed by atoms with Gasteiger partial charge in [-0.2, -0.15) is 0 Å². The zero-order valence-electron chi connectivity index (χ0n) is 14.7. The van der Waals surface area contributed by atoms with Crippen molar-refractivity contribution in [1.82, 2.24) is 10.2 Å². The Hall–Kier alpha value is -1.66. The van der Waals surface area contributed by atoms with Crippen LogP contribution in [-0.2, 0) is 17.9 Å². The molecule has 0 aliphatic carbocycles. The van der Waals surface area contributed by atoms with E-state index in [4.69, 9.17) is 21.1 Å². The third kappa shape index (κ3) is 5.68. The third-order valence-electron chi connectivity index (χ3n) is 4.38. The molecule has 1 heterocycles. The van der Waals surface area contributed by atoms with E-state index >= 15 is 0 Å². The van der Waals surface area contributed by atoms with Crippen LogP contribution in [0.1, 0.15) is 11.1 Å². The molecule has 140 valence electrons. The average Bonchev–Trinajstić information content (AvgIpc) is 2.66. The van der Waals surface area contributed by atoms with Gasteiger partial charge in [0.2, 0.25) is 0 Å². The largest absolute Gasteiger partial charge is 0.489 e. The molecule has 0 amide bonds. The first-order valence-corrected chi connectivity index (χ1v) is 9.25. The summed E-state index contributed by atoms with van der Waals surface area (Å²) in [7, 11) is 0. The fourth-order valence-electron chi connectivity index (χ4n) is 2.87. The Morgan fingerprint density at radius 1 is 1.15 bits per heavy atom.